The molecule has 202 valence electrons. The first-order valence-electron chi connectivity index (χ1n) is 12.1. The van der Waals surface area contributed by atoms with E-state index in [9.17, 15) is 13.2 Å². The van der Waals surface area contributed by atoms with Gasteiger partial charge in [0.2, 0.25) is 15.2 Å². The van der Waals surface area contributed by atoms with Crippen molar-refractivity contribution in [2.75, 3.05) is 39.3 Å². The number of carbonyl (C=O) groups excluding carboxylic acids is 1. The van der Waals surface area contributed by atoms with E-state index in [0.717, 1.165) is 5.56 Å². The van der Waals surface area contributed by atoms with Gasteiger partial charge in [-0.25, -0.2) is 13.4 Å². The number of nitrogens with one attached hydrogen (secondary N) is 1. The van der Waals surface area contributed by atoms with E-state index in [4.69, 9.17) is 14.2 Å². The summed E-state index contributed by atoms with van der Waals surface area (Å²) in [6, 6.07) is 12.1. The standard InChI is InChI=1S/C26H30N4O6S2/c1-4-36-25(31)18-10-12-30(13-11-18)38(32,33)22-7-5-6-19(14-22)23-17-37-26(28-23)29-27-16-20-8-9-21(34-2)15-24(20)35-3/h5-9,14-18H,4,10-13H2,1-3H3,(H,28,29). The van der Waals surface area contributed by atoms with Gasteiger partial charge in [0, 0.05) is 35.7 Å². The van der Waals surface area contributed by atoms with E-state index < -0.39 is 10.0 Å². The lowest BCUT2D eigenvalue weighted by molar-refractivity contribution is -0.149. The van der Waals surface area contributed by atoms with Crippen LogP contribution in [0, 0.1) is 5.92 Å². The van der Waals surface area contributed by atoms with Gasteiger partial charge in [-0.05, 0) is 44.0 Å². The summed E-state index contributed by atoms with van der Waals surface area (Å²) in [5, 5.41) is 6.64. The largest absolute Gasteiger partial charge is 0.497 e. The molecule has 2 heterocycles. The molecule has 0 amide bonds. The van der Waals surface area contributed by atoms with E-state index in [1.807, 2.05) is 23.6 Å². The summed E-state index contributed by atoms with van der Waals surface area (Å²) in [7, 11) is -0.542. The molecule has 0 bridgehead atoms. The lowest BCUT2D eigenvalue weighted by Crippen LogP contribution is -2.40. The second kappa shape index (κ2) is 12.4. The molecule has 1 N–H and O–H groups in total. The van der Waals surface area contributed by atoms with Crippen molar-refractivity contribution in [3.05, 3.63) is 53.4 Å². The number of rotatable bonds is 10. The molecule has 12 heteroatoms. The van der Waals surface area contributed by atoms with E-state index in [1.54, 1.807) is 51.6 Å². The average Bonchev–Trinajstić information content (AvgIpc) is 3.42. The molecule has 1 saturated heterocycles. The highest BCUT2D eigenvalue weighted by Gasteiger charge is 2.32. The quantitative estimate of drug-likeness (QED) is 0.223. The molecular formula is C26H30N4O6S2. The number of esters is 1. The molecule has 0 unspecified atom stereocenters. The molecule has 0 atom stereocenters. The van der Waals surface area contributed by atoms with Crippen LogP contribution in [0.15, 0.2) is 57.8 Å². The summed E-state index contributed by atoms with van der Waals surface area (Å²) in [6.07, 6.45) is 2.52. The number of benzene rings is 2. The number of thiazole rings is 1. The minimum atomic E-state index is -3.71. The van der Waals surface area contributed by atoms with Crippen molar-refractivity contribution in [1.82, 2.24) is 9.29 Å². The van der Waals surface area contributed by atoms with Crippen LogP contribution in [0.4, 0.5) is 5.13 Å². The Hall–Kier alpha value is -3.48. The Kier molecular flexibility index (Phi) is 8.97. The Morgan fingerprint density at radius 1 is 1.18 bits per heavy atom. The SMILES string of the molecule is CCOC(=O)C1CCN(S(=O)(=O)c2cccc(-c3csc(NN=Cc4ccc(OC)cc4OC)n3)c2)CC1. The molecular weight excluding hydrogens is 528 g/mol. The van der Waals surface area contributed by atoms with Crippen molar-refractivity contribution in [3.63, 3.8) is 0 Å². The maximum Gasteiger partial charge on any atom is 0.309 e. The van der Waals surface area contributed by atoms with E-state index in [0.29, 0.717) is 47.3 Å². The topological polar surface area (TPSA) is 119 Å². The number of ether oxygens (including phenoxy) is 3. The van der Waals surface area contributed by atoms with Crippen LogP contribution in [0.1, 0.15) is 25.3 Å². The van der Waals surface area contributed by atoms with Gasteiger partial charge in [0.25, 0.3) is 0 Å². The Morgan fingerprint density at radius 2 is 1.97 bits per heavy atom. The Balaban J connectivity index is 1.43. The molecule has 1 fully saturated rings. The van der Waals surface area contributed by atoms with Crippen LogP contribution >= 0.6 is 11.3 Å². The second-order valence-corrected chi connectivity index (χ2v) is 11.3. The van der Waals surface area contributed by atoms with Gasteiger partial charge in [0.1, 0.15) is 11.5 Å². The first-order valence-corrected chi connectivity index (χ1v) is 14.4. The smallest absolute Gasteiger partial charge is 0.309 e. The highest BCUT2D eigenvalue weighted by atomic mass is 32.2. The maximum absolute atomic E-state index is 13.3. The zero-order valence-electron chi connectivity index (χ0n) is 21.4. The number of sulfonamides is 1. The maximum atomic E-state index is 13.3. The molecule has 1 aliphatic rings. The van der Waals surface area contributed by atoms with Crippen molar-refractivity contribution in [3.8, 4) is 22.8 Å². The number of piperidine rings is 1. The highest BCUT2D eigenvalue weighted by molar-refractivity contribution is 7.89. The molecule has 0 radical (unpaired) electrons. The van der Waals surface area contributed by atoms with E-state index in [-0.39, 0.29) is 29.9 Å². The molecule has 0 spiro atoms. The highest BCUT2D eigenvalue weighted by Crippen LogP contribution is 2.30. The number of aromatic nitrogens is 1. The van der Waals surface area contributed by atoms with Crippen LogP contribution in [-0.2, 0) is 19.6 Å². The normalized spacial score (nSPS) is 14.9. The number of anilines is 1. The van der Waals surface area contributed by atoms with Crippen LogP contribution in [-0.4, -0.2) is 63.8 Å². The van der Waals surface area contributed by atoms with Crippen molar-refractivity contribution < 1.29 is 27.4 Å². The van der Waals surface area contributed by atoms with E-state index in [1.165, 1.54) is 15.6 Å². The predicted octanol–water partition coefficient (Wildman–Crippen LogP) is 4.24. The minimum Gasteiger partial charge on any atom is -0.497 e. The summed E-state index contributed by atoms with van der Waals surface area (Å²) >= 11 is 1.35. The molecule has 3 aromatic rings. The van der Waals surface area contributed by atoms with Crippen LogP contribution in [0.5, 0.6) is 11.5 Å². The van der Waals surface area contributed by atoms with Gasteiger partial charge in [-0.2, -0.15) is 9.41 Å². The molecule has 0 aliphatic carbocycles. The van der Waals surface area contributed by atoms with Crippen LogP contribution in [0.25, 0.3) is 11.3 Å². The number of nitrogens with zero attached hydrogens (tertiary/aromatic N) is 3. The number of hydrazone groups is 1. The Labute approximate surface area is 226 Å². The van der Waals surface area contributed by atoms with Gasteiger partial charge in [-0.3, -0.25) is 10.2 Å². The lowest BCUT2D eigenvalue weighted by Gasteiger charge is -2.30. The fourth-order valence-electron chi connectivity index (χ4n) is 4.10. The summed E-state index contributed by atoms with van der Waals surface area (Å²) in [4.78, 5) is 16.7. The average molecular weight is 559 g/mol. The molecule has 10 nitrogen and oxygen atoms in total. The third kappa shape index (κ3) is 6.32. The summed E-state index contributed by atoms with van der Waals surface area (Å²) < 4.78 is 43.7. The van der Waals surface area contributed by atoms with Crippen molar-refractivity contribution in [1.29, 1.82) is 0 Å². The fraction of sp³-hybridized carbons (Fsp3) is 0.346. The van der Waals surface area contributed by atoms with Crippen LogP contribution in [0.2, 0.25) is 0 Å². The summed E-state index contributed by atoms with van der Waals surface area (Å²) in [5.74, 6) is 0.786. The number of methoxy groups -OCH3 is 2. The first kappa shape index (κ1) is 27.6. The summed E-state index contributed by atoms with van der Waals surface area (Å²) in [6.45, 7) is 2.64. The molecule has 38 heavy (non-hydrogen) atoms. The summed E-state index contributed by atoms with van der Waals surface area (Å²) in [5.41, 5.74) is 4.98. The number of hydrogen-bond donors (Lipinski definition) is 1. The molecule has 0 saturated carbocycles. The van der Waals surface area contributed by atoms with Gasteiger partial charge in [0.15, 0.2) is 0 Å². The van der Waals surface area contributed by atoms with Gasteiger partial charge in [-0.1, -0.05) is 12.1 Å². The van der Waals surface area contributed by atoms with E-state index in [2.05, 4.69) is 15.5 Å². The molecule has 1 aromatic heterocycles. The number of hydrogen-bond acceptors (Lipinski definition) is 10. The third-order valence-electron chi connectivity index (χ3n) is 6.15. The Morgan fingerprint density at radius 3 is 2.68 bits per heavy atom. The molecule has 1 aliphatic heterocycles. The van der Waals surface area contributed by atoms with Crippen LogP contribution < -0.4 is 14.9 Å². The van der Waals surface area contributed by atoms with Gasteiger partial charge >= 0.3 is 5.97 Å². The molecule has 2 aromatic carbocycles. The monoisotopic (exact) mass is 558 g/mol. The lowest BCUT2D eigenvalue weighted by atomic mass is 9.98. The van der Waals surface area contributed by atoms with Gasteiger partial charge in [-0.15, -0.1) is 11.3 Å². The van der Waals surface area contributed by atoms with E-state index >= 15 is 0 Å². The predicted molar refractivity (Wildman–Crippen MR) is 146 cm³/mol. The third-order valence-corrected chi connectivity index (χ3v) is 8.79. The van der Waals surface area contributed by atoms with Crippen molar-refractivity contribution in [2.24, 2.45) is 11.0 Å². The number of carbonyl (C=O) groups is 1. The second-order valence-electron chi connectivity index (χ2n) is 8.47. The zero-order chi connectivity index (χ0) is 27.1. The van der Waals surface area contributed by atoms with Gasteiger partial charge < -0.3 is 14.2 Å². The molecule has 4 rings (SSSR count). The fourth-order valence-corrected chi connectivity index (χ4v) is 6.28. The van der Waals surface area contributed by atoms with Gasteiger partial charge in [0.05, 0.1) is 43.5 Å². The Bertz CT molecular complexity index is 1400. The van der Waals surface area contributed by atoms with Crippen LogP contribution in [0.3, 0.4) is 0 Å². The first-order chi connectivity index (χ1) is 18.3. The zero-order valence-corrected chi connectivity index (χ0v) is 23.0. The van der Waals surface area contributed by atoms with Crippen molar-refractivity contribution >= 4 is 38.7 Å². The minimum absolute atomic E-state index is 0.191. The van der Waals surface area contributed by atoms with Crippen molar-refractivity contribution in [2.45, 2.75) is 24.7 Å².